The highest BCUT2D eigenvalue weighted by Gasteiger charge is 2.14. The van der Waals surface area contributed by atoms with Gasteiger partial charge in [-0.15, -0.1) is 0 Å². The van der Waals surface area contributed by atoms with E-state index in [1.54, 1.807) is 6.92 Å². The molecule has 1 aromatic carbocycles. The third-order valence-electron chi connectivity index (χ3n) is 2.60. The maximum absolute atomic E-state index is 11.7. The number of nitrogens with one attached hydrogen (secondary N) is 1. The Balaban J connectivity index is 2.69. The first-order chi connectivity index (χ1) is 9.97. The minimum Gasteiger partial charge on any atom is -0.497 e. The number of carboxylic acids is 1. The normalized spacial score (nSPS) is 11.6. The fraction of sp³-hybridized carbons (Fsp3) is 0.429. The van der Waals surface area contributed by atoms with E-state index in [1.165, 1.54) is 32.4 Å². The van der Waals surface area contributed by atoms with Gasteiger partial charge in [-0.3, -0.25) is 4.79 Å². The van der Waals surface area contributed by atoms with Crippen LogP contribution in [0, 0.1) is 0 Å². The first-order valence-electron chi connectivity index (χ1n) is 6.30. The first-order valence-corrected chi connectivity index (χ1v) is 6.30. The molecular formula is C14H19NO6. The van der Waals surface area contributed by atoms with Gasteiger partial charge in [0.05, 0.1) is 13.7 Å². The van der Waals surface area contributed by atoms with Crippen molar-refractivity contribution in [2.24, 2.45) is 0 Å². The van der Waals surface area contributed by atoms with Crippen LogP contribution in [0.15, 0.2) is 18.2 Å². The van der Waals surface area contributed by atoms with E-state index in [0.29, 0.717) is 12.4 Å². The van der Waals surface area contributed by atoms with Crippen molar-refractivity contribution >= 4 is 11.9 Å². The van der Waals surface area contributed by atoms with Crippen LogP contribution in [0.3, 0.4) is 0 Å². The van der Waals surface area contributed by atoms with Crippen LogP contribution >= 0.6 is 0 Å². The van der Waals surface area contributed by atoms with Crippen LogP contribution < -0.4 is 14.8 Å². The molecule has 0 aliphatic rings. The van der Waals surface area contributed by atoms with Gasteiger partial charge in [0.2, 0.25) is 0 Å². The summed E-state index contributed by atoms with van der Waals surface area (Å²) in [6.07, 6.45) is 0. The van der Waals surface area contributed by atoms with E-state index >= 15 is 0 Å². The second-order valence-corrected chi connectivity index (χ2v) is 4.38. The zero-order chi connectivity index (χ0) is 15.8. The number of hydrogen-bond donors (Lipinski definition) is 2. The Labute approximate surface area is 122 Å². The molecule has 1 amide bonds. The van der Waals surface area contributed by atoms with Gasteiger partial charge in [0.25, 0.3) is 5.91 Å². The van der Waals surface area contributed by atoms with Gasteiger partial charge in [0.1, 0.15) is 17.1 Å². The average Bonchev–Trinajstić information content (AvgIpc) is 2.44. The summed E-state index contributed by atoms with van der Waals surface area (Å²) in [5.41, 5.74) is -0.0338. The highest BCUT2D eigenvalue weighted by molar-refractivity contribution is 5.91. The zero-order valence-electron chi connectivity index (χ0n) is 12.2. The minimum absolute atomic E-state index is 0.0338. The van der Waals surface area contributed by atoms with E-state index in [2.05, 4.69) is 5.32 Å². The van der Waals surface area contributed by atoms with Crippen LogP contribution in [0.4, 0.5) is 0 Å². The van der Waals surface area contributed by atoms with Gasteiger partial charge >= 0.3 is 5.97 Å². The van der Waals surface area contributed by atoms with Crippen molar-refractivity contribution in [2.75, 3.05) is 27.4 Å². The molecule has 7 heteroatoms. The summed E-state index contributed by atoms with van der Waals surface area (Å²) < 4.78 is 15.2. The van der Waals surface area contributed by atoms with Crippen molar-refractivity contribution in [2.45, 2.75) is 13.0 Å². The molecule has 0 bridgehead atoms. The second kappa shape index (κ2) is 8.11. The number of ether oxygens (including phenoxy) is 3. The molecule has 0 aliphatic carbocycles. The predicted molar refractivity (Wildman–Crippen MR) is 74.9 cm³/mol. The predicted octanol–water partition coefficient (Wildman–Crippen LogP) is 0.923. The van der Waals surface area contributed by atoms with Crippen LogP contribution in [0.2, 0.25) is 0 Å². The fourth-order valence-electron chi connectivity index (χ4n) is 1.68. The van der Waals surface area contributed by atoms with Crippen molar-refractivity contribution in [3.05, 3.63) is 23.8 Å². The summed E-state index contributed by atoms with van der Waals surface area (Å²) >= 11 is 0. The zero-order valence-corrected chi connectivity index (χ0v) is 12.2. The van der Waals surface area contributed by atoms with Gasteiger partial charge in [-0.2, -0.15) is 0 Å². The topological polar surface area (TPSA) is 94.1 Å². The standard InChI is InChI=1S/C14H19NO6/c1-9(7-19-2)15-13(16)8-21-12-6-10(20-3)4-5-11(12)14(17)18/h4-6,9H,7-8H2,1-3H3,(H,15,16)(H,17,18). The van der Waals surface area contributed by atoms with Crippen LogP contribution in [-0.2, 0) is 9.53 Å². The molecule has 0 radical (unpaired) electrons. The van der Waals surface area contributed by atoms with Crippen LogP contribution in [-0.4, -0.2) is 50.5 Å². The Morgan fingerprint density at radius 3 is 2.62 bits per heavy atom. The van der Waals surface area contributed by atoms with Gasteiger partial charge in [-0.1, -0.05) is 0 Å². The number of benzene rings is 1. The SMILES string of the molecule is COCC(C)NC(=O)COc1cc(OC)ccc1C(=O)O. The molecule has 0 saturated carbocycles. The molecular weight excluding hydrogens is 278 g/mol. The molecule has 1 unspecified atom stereocenters. The third-order valence-corrected chi connectivity index (χ3v) is 2.60. The molecule has 0 heterocycles. The minimum atomic E-state index is -1.14. The van der Waals surface area contributed by atoms with Crippen molar-refractivity contribution in [1.29, 1.82) is 0 Å². The molecule has 7 nitrogen and oxygen atoms in total. The molecule has 0 spiro atoms. The smallest absolute Gasteiger partial charge is 0.339 e. The monoisotopic (exact) mass is 297 g/mol. The summed E-state index contributed by atoms with van der Waals surface area (Å²) in [5.74, 6) is -0.973. The van der Waals surface area contributed by atoms with Gasteiger partial charge in [0.15, 0.2) is 6.61 Å². The number of aromatic carboxylic acids is 1. The van der Waals surface area contributed by atoms with Crippen molar-refractivity contribution < 1.29 is 28.9 Å². The number of carbonyl (C=O) groups is 2. The molecule has 21 heavy (non-hydrogen) atoms. The van der Waals surface area contributed by atoms with Gasteiger partial charge < -0.3 is 24.6 Å². The molecule has 0 saturated heterocycles. The van der Waals surface area contributed by atoms with Crippen molar-refractivity contribution in [1.82, 2.24) is 5.32 Å². The summed E-state index contributed by atoms with van der Waals surface area (Å²) in [4.78, 5) is 22.8. The Bertz CT molecular complexity index is 502. The highest BCUT2D eigenvalue weighted by Crippen LogP contribution is 2.24. The molecule has 116 valence electrons. The first kappa shape index (κ1) is 16.8. The molecule has 1 atom stereocenters. The summed E-state index contributed by atoms with van der Waals surface area (Å²) in [7, 11) is 2.99. The number of hydrogen-bond acceptors (Lipinski definition) is 5. The van der Waals surface area contributed by atoms with E-state index in [1.807, 2.05) is 0 Å². The third kappa shape index (κ3) is 5.31. The average molecular weight is 297 g/mol. The largest absolute Gasteiger partial charge is 0.497 e. The maximum atomic E-state index is 11.7. The molecule has 2 N–H and O–H groups in total. The van der Waals surface area contributed by atoms with Crippen LogP contribution in [0.5, 0.6) is 11.5 Å². The summed E-state index contributed by atoms with van der Waals surface area (Å²) in [6.45, 7) is 1.88. The number of carboxylic acid groups (broad SMARTS) is 1. The highest BCUT2D eigenvalue weighted by atomic mass is 16.5. The maximum Gasteiger partial charge on any atom is 0.339 e. The Kier molecular flexibility index (Phi) is 6.48. The van der Waals surface area contributed by atoms with Gasteiger partial charge in [-0.25, -0.2) is 4.79 Å². The molecule has 0 aliphatic heterocycles. The number of carbonyl (C=O) groups excluding carboxylic acids is 1. The van der Waals surface area contributed by atoms with E-state index < -0.39 is 5.97 Å². The molecule has 1 rings (SSSR count). The van der Waals surface area contributed by atoms with Crippen LogP contribution in [0.1, 0.15) is 17.3 Å². The van der Waals surface area contributed by atoms with E-state index in [4.69, 9.17) is 19.3 Å². The van der Waals surface area contributed by atoms with E-state index in [0.717, 1.165) is 0 Å². The number of methoxy groups -OCH3 is 2. The van der Waals surface area contributed by atoms with Crippen molar-refractivity contribution in [3.63, 3.8) is 0 Å². The fourth-order valence-corrected chi connectivity index (χ4v) is 1.68. The summed E-state index contributed by atoms with van der Waals surface area (Å²) in [6, 6.07) is 4.14. The van der Waals surface area contributed by atoms with Gasteiger partial charge in [-0.05, 0) is 19.1 Å². The molecule has 0 aromatic heterocycles. The molecule has 1 aromatic rings. The Morgan fingerprint density at radius 2 is 2.05 bits per heavy atom. The lowest BCUT2D eigenvalue weighted by atomic mass is 10.2. The lowest BCUT2D eigenvalue weighted by Crippen LogP contribution is -2.38. The quantitative estimate of drug-likeness (QED) is 0.741. The Morgan fingerprint density at radius 1 is 1.33 bits per heavy atom. The van der Waals surface area contributed by atoms with Crippen LogP contribution in [0.25, 0.3) is 0 Å². The van der Waals surface area contributed by atoms with Gasteiger partial charge in [0, 0.05) is 19.2 Å². The summed E-state index contributed by atoms with van der Waals surface area (Å²) in [5, 5.41) is 11.7. The second-order valence-electron chi connectivity index (χ2n) is 4.38. The van der Waals surface area contributed by atoms with E-state index in [-0.39, 0.29) is 29.9 Å². The van der Waals surface area contributed by atoms with Crippen molar-refractivity contribution in [3.8, 4) is 11.5 Å². The van der Waals surface area contributed by atoms with E-state index in [9.17, 15) is 9.59 Å². The lowest BCUT2D eigenvalue weighted by molar-refractivity contribution is -0.124. The number of amides is 1. The number of rotatable bonds is 8. The lowest BCUT2D eigenvalue weighted by Gasteiger charge is -2.14. The Hall–Kier alpha value is -2.28. The molecule has 0 fully saturated rings.